The van der Waals surface area contributed by atoms with Crippen LogP contribution in [0.25, 0.3) is 0 Å². The predicted molar refractivity (Wildman–Crippen MR) is 69.4 cm³/mol. The van der Waals surface area contributed by atoms with Crippen LogP contribution in [0.1, 0.15) is 20.3 Å². The zero-order valence-corrected chi connectivity index (χ0v) is 10.6. The molecule has 94 valence electrons. The van der Waals surface area contributed by atoms with Crippen LogP contribution < -0.4 is 15.4 Å². The second-order valence-electron chi connectivity index (χ2n) is 3.90. The van der Waals surface area contributed by atoms with Crippen molar-refractivity contribution in [2.45, 2.75) is 26.3 Å². The number of anilines is 1. The molecule has 4 nitrogen and oxygen atoms in total. The first-order valence-corrected chi connectivity index (χ1v) is 5.85. The summed E-state index contributed by atoms with van der Waals surface area (Å²) < 4.78 is 5.09. The quantitative estimate of drug-likeness (QED) is 0.794. The van der Waals surface area contributed by atoms with Gasteiger partial charge in [-0.05, 0) is 32.0 Å². The van der Waals surface area contributed by atoms with E-state index < -0.39 is 0 Å². The third kappa shape index (κ3) is 4.44. The Morgan fingerprint density at radius 2 is 2.24 bits per heavy atom. The first-order chi connectivity index (χ1) is 8.17. The van der Waals surface area contributed by atoms with Crippen molar-refractivity contribution in [2.24, 2.45) is 0 Å². The van der Waals surface area contributed by atoms with Crippen molar-refractivity contribution in [3.05, 3.63) is 24.3 Å². The Labute approximate surface area is 102 Å². The fraction of sp³-hybridized carbons (Fsp3) is 0.462. The van der Waals surface area contributed by atoms with Crippen molar-refractivity contribution < 1.29 is 9.53 Å². The Kier molecular flexibility index (Phi) is 5.49. The van der Waals surface area contributed by atoms with Gasteiger partial charge in [0.15, 0.2) is 0 Å². The highest BCUT2D eigenvalue weighted by molar-refractivity contribution is 5.94. The van der Waals surface area contributed by atoms with E-state index in [1.165, 1.54) is 0 Å². The zero-order valence-electron chi connectivity index (χ0n) is 10.6. The number of amides is 1. The molecule has 0 aliphatic heterocycles. The van der Waals surface area contributed by atoms with Gasteiger partial charge in [-0.25, -0.2) is 0 Å². The Morgan fingerprint density at radius 1 is 1.47 bits per heavy atom. The molecular formula is C13H20N2O2. The van der Waals surface area contributed by atoms with Gasteiger partial charge in [0.05, 0.1) is 13.2 Å². The summed E-state index contributed by atoms with van der Waals surface area (Å²) in [5, 5.41) is 5.98. The Balaban J connectivity index is 2.54. The molecule has 1 aromatic carbocycles. The Bertz CT molecular complexity index is 366. The largest absolute Gasteiger partial charge is 0.497 e. The first kappa shape index (κ1) is 13.5. The molecule has 0 aliphatic rings. The minimum absolute atomic E-state index is 0.0355. The molecule has 1 aromatic rings. The number of carbonyl (C=O) groups excluding carboxylic acids is 1. The molecule has 0 heterocycles. The van der Waals surface area contributed by atoms with E-state index >= 15 is 0 Å². The van der Waals surface area contributed by atoms with Crippen molar-refractivity contribution in [1.29, 1.82) is 0 Å². The highest BCUT2D eigenvalue weighted by Crippen LogP contribution is 2.16. The molecule has 0 saturated carbocycles. The molecule has 0 radical (unpaired) electrons. The van der Waals surface area contributed by atoms with E-state index in [4.69, 9.17) is 4.74 Å². The highest BCUT2D eigenvalue weighted by Gasteiger charge is 2.11. The van der Waals surface area contributed by atoms with E-state index in [0.29, 0.717) is 0 Å². The average molecular weight is 236 g/mol. The van der Waals surface area contributed by atoms with Gasteiger partial charge < -0.3 is 15.4 Å². The molecule has 0 bridgehead atoms. The molecule has 1 atom stereocenters. The number of nitrogens with one attached hydrogen (secondary N) is 2. The van der Waals surface area contributed by atoms with Gasteiger partial charge in [0.2, 0.25) is 5.91 Å². The average Bonchev–Trinajstić information content (AvgIpc) is 2.36. The molecule has 0 fully saturated rings. The van der Waals surface area contributed by atoms with Crippen molar-refractivity contribution in [3.8, 4) is 5.75 Å². The van der Waals surface area contributed by atoms with Crippen molar-refractivity contribution in [3.63, 3.8) is 0 Å². The zero-order chi connectivity index (χ0) is 12.7. The van der Waals surface area contributed by atoms with Gasteiger partial charge in [-0.15, -0.1) is 0 Å². The lowest BCUT2D eigenvalue weighted by molar-refractivity contribution is -0.117. The summed E-state index contributed by atoms with van der Waals surface area (Å²) in [6.07, 6.45) is 1.01. The van der Waals surface area contributed by atoms with E-state index in [0.717, 1.165) is 24.4 Å². The second-order valence-corrected chi connectivity index (χ2v) is 3.90. The Hall–Kier alpha value is -1.55. The minimum atomic E-state index is -0.193. The standard InChI is InChI=1S/C13H20N2O2/c1-4-8-14-10(2)13(16)15-11-6-5-7-12(9-11)17-3/h5-7,9-10,14H,4,8H2,1-3H3,(H,15,16). The predicted octanol–water partition coefficient (Wildman–Crippen LogP) is 2.02. The lowest BCUT2D eigenvalue weighted by Crippen LogP contribution is -2.38. The molecule has 1 unspecified atom stereocenters. The van der Waals surface area contributed by atoms with E-state index in [1.54, 1.807) is 13.2 Å². The fourth-order valence-electron chi connectivity index (χ4n) is 1.40. The van der Waals surface area contributed by atoms with Crippen LogP contribution in [0.5, 0.6) is 5.75 Å². The van der Waals surface area contributed by atoms with E-state index in [1.807, 2.05) is 25.1 Å². The van der Waals surface area contributed by atoms with Crippen molar-refractivity contribution in [1.82, 2.24) is 5.32 Å². The van der Waals surface area contributed by atoms with Gasteiger partial charge in [-0.1, -0.05) is 13.0 Å². The maximum atomic E-state index is 11.8. The van der Waals surface area contributed by atoms with Gasteiger partial charge >= 0.3 is 0 Å². The van der Waals surface area contributed by atoms with Crippen LogP contribution in [0.4, 0.5) is 5.69 Å². The van der Waals surface area contributed by atoms with Crippen LogP contribution >= 0.6 is 0 Å². The lowest BCUT2D eigenvalue weighted by atomic mass is 10.2. The number of rotatable bonds is 6. The van der Waals surface area contributed by atoms with Crippen molar-refractivity contribution >= 4 is 11.6 Å². The number of benzene rings is 1. The van der Waals surface area contributed by atoms with Gasteiger partial charge in [0.1, 0.15) is 5.75 Å². The monoisotopic (exact) mass is 236 g/mol. The summed E-state index contributed by atoms with van der Waals surface area (Å²) in [6, 6.07) is 7.13. The summed E-state index contributed by atoms with van der Waals surface area (Å²) in [6.45, 7) is 4.76. The second kappa shape index (κ2) is 6.91. The number of ether oxygens (including phenoxy) is 1. The van der Waals surface area contributed by atoms with Gasteiger partial charge in [0.25, 0.3) is 0 Å². The molecule has 2 N–H and O–H groups in total. The van der Waals surface area contributed by atoms with Gasteiger partial charge in [-0.2, -0.15) is 0 Å². The van der Waals surface area contributed by atoms with E-state index in [9.17, 15) is 4.79 Å². The third-order valence-electron chi connectivity index (χ3n) is 2.43. The first-order valence-electron chi connectivity index (χ1n) is 5.85. The number of hydrogen-bond acceptors (Lipinski definition) is 3. The summed E-state index contributed by atoms with van der Waals surface area (Å²) in [7, 11) is 1.60. The minimum Gasteiger partial charge on any atom is -0.497 e. The van der Waals surface area contributed by atoms with Crippen LogP contribution in [0.15, 0.2) is 24.3 Å². The van der Waals surface area contributed by atoms with Crippen molar-refractivity contribution in [2.75, 3.05) is 19.0 Å². The van der Waals surface area contributed by atoms with Crippen LogP contribution in [0.2, 0.25) is 0 Å². The normalized spacial score (nSPS) is 11.9. The highest BCUT2D eigenvalue weighted by atomic mass is 16.5. The molecule has 17 heavy (non-hydrogen) atoms. The summed E-state index contributed by atoms with van der Waals surface area (Å²) in [5.74, 6) is 0.698. The Morgan fingerprint density at radius 3 is 2.88 bits per heavy atom. The van der Waals surface area contributed by atoms with E-state index in [-0.39, 0.29) is 11.9 Å². The number of methoxy groups -OCH3 is 1. The van der Waals surface area contributed by atoms with Crippen LogP contribution in [-0.4, -0.2) is 25.6 Å². The van der Waals surface area contributed by atoms with Crippen LogP contribution in [-0.2, 0) is 4.79 Å². The molecule has 0 aromatic heterocycles. The van der Waals surface area contributed by atoms with Crippen LogP contribution in [0, 0.1) is 0 Å². The topological polar surface area (TPSA) is 50.4 Å². The molecule has 0 aliphatic carbocycles. The molecular weight excluding hydrogens is 216 g/mol. The SMILES string of the molecule is CCCNC(C)C(=O)Nc1cccc(OC)c1. The molecule has 0 saturated heterocycles. The molecule has 0 spiro atoms. The summed E-state index contributed by atoms with van der Waals surface area (Å²) >= 11 is 0. The summed E-state index contributed by atoms with van der Waals surface area (Å²) in [4.78, 5) is 11.8. The maximum Gasteiger partial charge on any atom is 0.241 e. The van der Waals surface area contributed by atoms with Gasteiger partial charge in [0, 0.05) is 11.8 Å². The third-order valence-corrected chi connectivity index (χ3v) is 2.43. The van der Waals surface area contributed by atoms with E-state index in [2.05, 4.69) is 17.6 Å². The number of carbonyl (C=O) groups is 1. The summed E-state index contributed by atoms with van der Waals surface area (Å²) in [5.41, 5.74) is 0.750. The smallest absolute Gasteiger partial charge is 0.241 e. The molecule has 1 amide bonds. The molecule has 1 rings (SSSR count). The number of hydrogen-bond donors (Lipinski definition) is 2. The fourth-order valence-corrected chi connectivity index (χ4v) is 1.40. The lowest BCUT2D eigenvalue weighted by Gasteiger charge is -2.13. The van der Waals surface area contributed by atoms with Crippen LogP contribution in [0.3, 0.4) is 0 Å². The van der Waals surface area contributed by atoms with Gasteiger partial charge in [-0.3, -0.25) is 4.79 Å². The maximum absolute atomic E-state index is 11.8. The molecule has 4 heteroatoms.